The first-order chi connectivity index (χ1) is 12.8. The maximum atomic E-state index is 12.0. The van der Waals surface area contributed by atoms with Crippen LogP contribution in [0.1, 0.15) is 0 Å². The Bertz CT molecular complexity index is 996. The van der Waals surface area contributed by atoms with Crippen LogP contribution in [-0.4, -0.2) is 16.2 Å². The average Bonchev–Trinajstić information content (AvgIpc) is 3.35. The highest BCUT2D eigenvalue weighted by atomic mass is 32.1. The minimum Gasteiger partial charge on any atom is -0.333 e. The number of hydrogen-bond donors (Lipinski definition) is 2. The molecule has 2 aromatic heterocycles. The van der Waals surface area contributed by atoms with Crippen LogP contribution in [0, 0.1) is 0 Å². The summed E-state index contributed by atoms with van der Waals surface area (Å²) < 4.78 is 5.29. The molecule has 2 aromatic carbocycles. The molecular formula is C19H14N4O2S. The van der Waals surface area contributed by atoms with Crippen molar-refractivity contribution in [3.8, 4) is 22.2 Å². The van der Waals surface area contributed by atoms with E-state index in [9.17, 15) is 4.79 Å². The molecule has 0 bridgehead atoms. The molecule has 0 saturated carbocycles. The Morgan fingerprint density at radius 2 is 1.62 bits per heavy atom. The van der Waals surface area contributed by atoms with Crippen molar-refractivity contribution in [3.05, 3.63) is 72.1 Å². The molecule has 2 amide bonds. The van der Waals surface area contributed by atoms with Crippen LogP contribution >= 0.6 is 11.3 Å². The van der Waals surface area contributed by atoms with E-state index in [1.807, 2.05) is 60.0 Å². The van der Waals surface area contributed by atoms with Gasteiger partial charge in [0.1, 0.15) is 0 Å². The van der Waals surface area contributed by atoms with Crippen LogP contribution in [0.4, 0.5) is 16.2 Å². The van der Waals surface area contributed by atoms with Gasteiger partial charge < -0.3 is 15.2 Å². The summed E-state index contributed by atoms with van der Waals surface area (Å²) in [6.45, 7) is 0. The summed E-state index contributed by atoms with van der Waals surface area (Å²) in [7, 11) is 0. The van der Waals surface area contributed by atoms with Crippen molar-refractivity contribution >= 4 is 28.7 Å². The maximum Gasteiger partial charge on any atom is 0.323 e. The summed E-state index contributed by atoms with van der Waals surface area (Å²) in [5.74, 6) is 1.01. The van der Waals surface area contributed by atoms with Crippen molar-refractivity contribution in [2.45, 2.75) is 0 Å². The number of rotatable bonds is 4. The number of nitrogens with zero attached hydrogens (tertiary/aromatic N) is 2. The standard InChI is InChI=1S/C19H14N4O2S/c24-19(20-14-5-2-1-3-6-14)21-15-10-8-13(9-11-15)17-22-18(25-23-17)16-7-4-12-26-16/h1-12H,(H2,20,21,24). The number of para-hydroxylation sites is 1. The Balaban J connectivity index is 1.43. The normalized spacial score (nSPS) is 10.5. The van der Waals surface area contributed by atoms with E-state index in [2.05, 4.69) is 20.8 Å². The third-order valence-electron chi connectivity index (χ3n) is 3.59. The molecule has 0 aliphatic rings. The van der Waals surface area contributed by atoms with Gasteiger partial charge in [-0.3, -0.25) is 0 Å². The molecule has 4 aromatic rings. The molecule has 6 nitrogen and oxygen atoms in total. The van der Waals surface area contributed by atoms with Gasteiger partial charge in [0.25, 0.3) is 5.89 Å². The molecular weight excluding hydrogens is 348 g/mol. The van der Waals surface area contributed by atoms with E-state index in [4.69, 9.17) is 4.52 Å². The molecule has 0 fully saturated rings. The Morgan fingerprint density at radius 1 is 0.885 bits per heavy atom. The van der Waals surface area contributed by atoms with E-state index in [0.717, 1.165) is 16.1 Å². The smallest absolute Gasteiger partial charge is 0.323 e. The second-order valence-corrected chi connectivity index (χ2v) is 6.37. The number of amides is 2. The summed E-state index contributed by atoms with van der Waals surface area (Å²) in [5.41, 5.74) is 2.21. The first kappa shape index (κ1) is 16.0. The van der Waals surface area contributed by atoms with E-state index >= 15 is 0 Å². The van der Waals surface area contributed by atoms with Gasteiger partial charge in [-0.05, 0) is 47.8 Å². The second kappa shape index (κ2) is 7.20. The predicted octanol–water partition coefficient (Wildman–Crippen LogP) is 5.11. The number of hydrogen-bond acceptors (Lipinski definition) is 5. The molecule has 0 aliphatic carbocycles. The van der Waals surface area contributed by atoms with Crippen molar-refractivity contribution in [1.82, 2.24) is 10.1 Å². The lowest BCUT2D eigenvalue weighted by atomic mass is 10.2. The maximum absolute atomic E-state index is 12.0. The van der Waals surface area contributed by atoms with Crippen molar-refractivity contribution in [2.75, 3.05) is 10.6 Å². The highest BCUT2D eigenvalue weighted by molar-refractivity contribution is 7.13. The highest BCUT2D eigenvalue weighted by Gasteiger charge is 2.11. The third kappa shape index (κ3) is 3.62. The van der Waals surface area contributed by atoms with Gasteiger partial charge in [0.05, 0.1) is 4.88 Å². The molecule has 0 spiro atoms. The molecule has 0 radical (unpaired) electrons. The number of carbonyl (C=O) groups is 1. The van der Waals surface area contributed by atoms with Crippen molar-refractivity contribution in [2.24, 2.45) is 0 Å². The fraction of sp³-hybridized carbons (Fsp3) is 0. The minimum atomic E-state index is -0.302. The van der Waals surface area contributed by atoms with E-state index in [1.165, 1.54) is 0 Å². The van der Waals surface area contributed by atoms with Gasteiger partial charge >= 0.3 is 6.03 Å². The lowest BCUT2D eigenvalue weighted by molar-refractivity contribution is 0.262. The van der Waals surface area contributed by atoms with E-state index < -0.39 is 0 Å². The monoisotopic (exact) mass is 362 g/mol. The van der Waals surface area contributed by atoms with Gasteiger partial charge in [0, 0.05) is 16.9 Å². The van der Waals surface area contributed by atoms with Crippen LogP contribution in [-0.2, 0) is 0 Å². The Kier molecular flexibility index (Phi) is 4.44. The molecule has 2 N–H and O–H groups in total. The lowest BCUT2D eigenvalue weighted by Crippen LogP contribution is -2.19. The molecule has 0 aliphatic heterocycles. The number of nitrogens with one attached hydrogen (secondary N) is 2. The number of aromatic nitrogens is 2. The largest absolute Gasteiger partial charge is 0.333 e. The van der Waals surface area contributed by atoms with Crippen LogP contribution in [0.5, 0.6) is 0 Å². The van der Waals surface area contributed by atoms with Crippen molar-refractivity contribution in [1.29, 1.82) is 0 Å². The first-order valence-electron chi connectivity index (χ1n) is 7.89. The first-order valence-corrected chi connectivity index (χ1v) is 8.77. The fourth-order valence-electron chi connectivity index (χ4n) is 2.36. The summed E-state index contributed by atoms with van der Waals surface area (Å²) >= 11 is 1.54. The highest BCUT2D eigenvalue weighted by Crippen LogP contribution is 2.26. The molecule has 26 heavy (non-hydrogen) atoms. The molecule has 4 rings (SSSR count). The number of benzene rings is 2. The van der Waals surface area contributed by atoms with Crippen molar-refractivity contribution < 1.29 is 9.32 Å². The Hall–Kier alpha value is -3.45. The third-order valence-corrected chi connectivity index (χ3v) is 4.45. The van der Waals surface area contributed by atoms with Gasteiger partial charge in [-0.15, -0.1) is 11.3 Å². The minimum absolute atomic E-state index is 0.302. The molecule has 128 valence electrons. The van der Waals surface area contributed by atoms with Gasteiger partial charge in [0.2, 0.25) is 5.82 Å². The number of anilines is 2. The number of urea groups is 1. The van der Waals surface area contributed by atoms with Crippen LogP contribution in [0.25, 0.3) is 22.2 Å². The van der Waals surface area contributed by atoms with Crippen molar-refractivity contribution in [3.63, 3.8) is 0 Å². The quantitative estimate of drug-likeness (QED) is 0.529. The van der Waals surface area contributed by atoms with Gasteiger partial charge in [-0.25, -0.2) is 4.79 Å². The van der Waals surface area contributed by atoms with Gasteiger partial charge in [-0.1, -0.05) is 29.4 Å². The Morgan fingerprint density at radius 3 is 2.31 bits per heavy atom. The second-order valence-electron chi connectivity index (χ2n) is 5.42. The van der Waals surface area contributed by atoms with Gasteiger partial charge in [-0.2, -0.15) is 4.98 Å². The van der Waals surface area contributed by atoms with Crippen LogP contribution in [0.3, 0.4) is 0 Å². The predicted molar refractivity (Wildman–Crippen MR) is 102 cm³/mol. The average molecular weight is 362 g/mol. The van der Waals surface area contributed by atoms with Crippen LogP contribution in [0.2, 0.25) is 0 Å². The topological polar surface area (TPSA) is 80.0 Å². The molecule has 7 heteroatoms. The molecule has 0 saturated heterocycles. The summed E-state index contributed by atoms with van der Waals surface area (Å²) in [6.07, 6.45) is 0. The van der Waals surface area contributed by atoms with E-state index in [0.29, 0.717) is 17.4 Å². The van der Waals surface area contributed by atoms with E-state index in [1.54, 1.807) is 23.5 Å². The fourth-order valence-corrected chi connectivity index (χ4v) is 3.00. The summed E-state index contributed by atoms with van der Waals surface area (Å²) in [5, 5.41) is 11.5. The zero-order valence-electron chi connectivity index (χ0n) is 13.5. The zero-order valence-corrected chi connectivity index (χ0v) is 14.4. The number of carbonyl (C=O) groups excluding carboxylic acids is 1. The van der Waals surface area contributed by atoms with E-state index in [-0.39, 0.29) is 6.03 Å². The molecule has 0 atom stereocenters. The van der Waals surface area contributed by atoms with Crippen LogP contribution < -0.4 is 10.6 Å². The zero-order chi connectivity index (χ0) is 17.8. The summed E-state index contributed by atoms with van der Waals surface area (Å²) in [4.78, 5) is 17.3. The number of thiophene rings is 1. The summed E-state index contributed by atoms with van der Waals surface area (Å²) in [6, 6.07) is 20.1. The van der Waals surface area contributed by atoms with Gasteiger partial charge in [0.15, 0.2) is 0 Å². The SMILES string of the molecule is O=C(Nc1ccccc1)Nc1ccc(-c2noc(-c3cccs3)n2)cc1. The molecule has 2 heterocycles. The van der Waals surface area contributed by atoms with Crippen LogP contribution in [0.15, 0.2) is 76.6 Å². The molecule has 0 unspecified atom stereocenters. The Labute approximate surface area is 153 Å². The lowest BCUT2D eigenvalue weighted by Gasteiger charge is -2.07.